The first kappa shape index (κ1) is 22.3. The van der Waals surface area contributed by atoms with Crippen molar-refractivity contribution in [3.63, 3.8) is 0 Å². The number of hydrogen-bond donors (Lipinski definition) is 0. The molecule has 0 saturated carbocycles. The van der Waals surface area contributed by atoms with E-state index in [4.69, 9.17) is 4.74 Å². The summed E-state index contributed by atoms with van der Waals surface area (Å²) in [5.74, 6) is 1.30. The van der Waals surface area contributed by atoms with Gasteiger partial charge in [0.1, 0.15) is 5.75 Å². The van der Waals surface area contributed by atoms with Gasteiger partial charge in [0, 0.05) is 51.0 Å². The molecule has 1 amide bonds. The topological polar surface area (TPSA) is 50.6 Å². The van der Waals surface area contributed by atoms with Gasteiger partial charge in [0.25, 0.3) is 5.91 Å². The van der Waals surface area contributed by atoms with Gasteiger partial charge in [0.15, 0.2) is 6.10 Å². The van der Waals surface area contributed by atoms with Gasteiger partial charge >= 0.3 is 0 Å². The lowest BCUT2D eigenvalue weighted by atomic mass is 10.0. The summed E-state index contributed by atoms with van der Waals surface area (Å²) in [5, 5.41) is 4.37. The summed E-state index contributed by atoms with van der Waals surface area (Å²) in [6.45, 7) is 13.6. The molecule has 1 fully saturated rings. The Bertz CT molecular complexity index is 817. The van der Waals surface area contributed by atoms with Gasteiger partial charge < -0.3 is 9.64 Å². The van der Waals surface area contributed by atoms with E-state index >= 15 is 0 Å². The molecular formula is C24H36N4O2. The minimum Gasteiger partial charge on any atom is -0.480 e. The Balaban J connectivity index is 1.60. The van der Waals surface area contributed by atoms with Crippen LogP contribution in [0.2, 0.25) is 0 Å². The summed E-state index contributed by atoms with van der Waals surface area (Å²) in [7, 11) is 0. The number of nitrogens with zero attached hydrogens (tertiary/aromatic N) is 4. The molecule has 1 atom stereocenters. The van der Waals surface area contributed by atoms with Crippen LogP contribution in [0.4, 0.5) is 0 Å². The van der Waals surface area contributed by atoms with Crippen molar-refractivity contribution in [2.45, 2.75) is 65.6 Å². The van der Waals surface area contributed by atoms with Gasteiger partial charge in [-0.25, -0.2) is 0 Å². The van der Waals surface area contributed by atoms with E-state index in [0.717, 1.165) is 57.0 Å². The molecule has 1 unspecified atom stereocenters. The van der Waals surface area contributed by atoms with Gasteiger partial charge in [-0.1, -0.05) is 39.0 Å². The zero-order valence-electron chi connectivity index (χ0n) is 18.9. The fourth-order valence-electron chi connectivity index (χ4n) is 4.00. The Kier molecular flexibility index (Phi) is 7.91. The van der Waals surface area contributed by atoms with E-state index in [1.807, 2.05) is 40.9 Å². The van der Waals surface area contributed by atoms with E-state index in [1.165, 1.54) is 5.56 Å². The first-order valence-electron chi connectivity index (χ1n) is 11.3. The molecule has 0 spiro atoms. The number of carbonyl (C=O) groups is 1. The summed E-state index contributed by atoms with van der Waals surface area (Å²) in [5.41, 5.74) is 2.38. The van der Waals surface area contributed by atoms with Crippen molar-refractivity contribution in [2.75, 3.05) is 26.2 Å². The van der Waals surface area contributed by atoms with Crippen LogP contribution in [0.1, 0.15) is 57.6 Å². The molecule has 2 heterocycles. The SMILES string of the molecule is CCC(Oc1ccccc1C(C)C)C(=O)N1CCCN(Cc2cnn(CC)c2)CC1. The first-order chi connectivity index (χ1) is 14.5. The van der Waals surface area contributed by atoms with E-state index in [-0.39, 0.29) is 5.91 Å². The maximum atomic E-state index is 13.2. The standard InChI is InChI=1S/C24H36N4O2/c1-5-22(30-23-11-8-7-10-21(23)19(3)4)24(29)27-13-9-12-26(14-15-27)17-20-16-25-28(6-2)18-20/h7-8,10-11,16,18-19,22H,5-6,9,12-15,17H2,1-4H3. The zero-order valence-corrected chi connectivity index (χ0v) is 18.9. The monoisotopic (exact) mass is 412 g/mol. The van der Waals surface area contributed by atoms with Crippen LogP contribution in [0.25, 0.3) is 0 Å². The fourth-order valence-corrected chi connectivity index (χ4v) is 4.00. The summed E-state index contributed by atoms with van der Waals surface area (Å²) in [6.07, 6.45) is 5.28. The molecule has 1 saturated heterocycles. The highest BCUT2D eigenvalue weighted by atomic mass is 16.5. The summed E-state index contributed by atoms with van der Waals surface area (Å²) in [6, 6.07) is 8.06. The van der Waals surface area contributed by atoms with Crippen LogP contribution in [0.15, 0.2) is 36.7 Å². The number of ether oxygens (including phenoxy) is 1. The first-order valence-corrected chi connectivity index (χ1v) is 11.3. The van der Waals surface area contributed by atoms with Gasteiger partial charge in [0.05, 0.1) is 6.20 Å². The molecular weight excluding hydrogens is 376 g/mol. The van der Waals surface area contributed by atoms with E-state index in [2.05, 4.69) is 43.0 Å². The third kappa shape index (κ3) is 5.63. The molecule has 6 nitrogen and oxygen atoms in total. The Hall–Kier alpha value is -2.34. The number of rotatable bonds is 8. The van der Waals surface area contributed by atoms with E-state index in [9.17, 15) is 4.79 Å². The van der Waals surface area contributed by atoms with Crippen LogP contribution < -0.4 is 4.74 Å². The van der Waals surface area contributed by atoms with Crippen molar-refractivity contribution >= 4 is 5.91 Å². The summed E-state index contributed by atoms with van der Waals surface area (Å²) < 4.78 is 8.19. The van der Waals surface area contributed by atoms with Gasteiger partial charge in [-0.2, -0.15) is 5.10 Å². The van der Waals surface area contributed by atoms with Gasteiger partial charge in [0.2, 0.25) is 0 Å². The minimum atomic E-state index is -0.431. The smallest absolute Gasteiger partial charge is 0.263 e. The second kappa shape index (κ2) is 10.6. The summed E-state index contributed by atoms with van der Waals surface area (Å²) >= 11 is 0. The minimum absolute atomic E-state index is 0.108. The molecule has 30 heavy (non-hydrogen) atoms. The largest absolute Gasteiger partial charge is 0.480 e. The lowest BCUT2D eigenvalue weighted by molar-refractivity contribution is -0.138. The van der Waals surface area contributed by atoms with Crippen molar-refractivity contribution in [1.29, 1.82) is 0 Å². The number of benzene rings is 1. The van der Waals surface area contributed by atoms with Crippen LogP contribution in [0.3, 0.4) is 0 Å². The fraction of sp³-hybridized carbons (Fsp3) is 0.583. The normalized spacial score (nSPS) is 16.5. The highest BCUT2D eigenvalue weighted by molar-refractivity contribution is 5.81. The molecule has 6 heteroatoms. The van der Waals surface area contributed by atoms with Crippen molar-refractivity contribution in [3.05, 3.63) is 47.8 Å². The van der Waals surface area contributed by atoms with Crippen LogP contribution in [0, 0.1) is 0 Å². The van der Waals surface area contributed by atoms with Crippen molar-refractivity contribution in [2.24, 2.45) is 0 Å². The van der Waals surface area contributed by atoms with E-state index < -0.39 is 6.10 Å². The third-order valence-electron chi connectivity index (χ3n) is 5.77. The number of amides is 1. The van der Waals surface area contributed by atoms with Crippen molar-refractivity contribution in [3.8, 4) is 5.75 Å². The van der Waals surface area contributed by atoms with Gasteiger partial charge in [-0.05, 0) is 37.3 Å². The predicted molar refractivity (Wildman–Crippen MR) is 120 cm³/mol. The Morgan fingerprint density at radius 3 is 2.63 bits per heavy atom. The molecule has 1 aliphatic heterocycles. The van der Waals surface area contributed by atoms with Crippen LogP contribution in [-0.2, 0) is 17.9 Å². The predicted octanol–water partition coefficient (Wildman–Crippen LogP) is 3.92. The molecule has 1 aromatic heterocycles. The van der Waals surface area contributed by atoms with Gasteiger partial charge in [-0.15, -0.1) is 0 Å². The summed E-state index contributed by atoms with van der Waals surface area (Å²) in [4.78, 5) is 17.6. The molecule has 164 valence electrons. The van der Waals surface area contributed by atoms with E-state index in [1.54, 1.807) is 0 Å². The number of carbonyl (C=O) groups excluding carboxylic acids is 1. The number of aryl methyl sites for hydroxylation is 1. The molecule has 1 aromatic carbocycles. The van der Waals surface area contributed by atoms with E-state index in [0.29, 0.717) is 12.3 Å². The Morgan fingerprint density at radius 2 is 1.93 bits per heavy atom. The van der Waals surface area contributed by atoms with Crippen molar-refractivity contribution < 1.29 is 9.53 Å². The average molecular weight is 413 g/mol. The highest BCUT2D eigenvalue weighted by Crippen LogP contribution is 2.27. The Labute approximate surface area is 180 Å². The molecule has 0 radical (unpaired) electrons. The van der Waals surface area contributed by atoms with Crippen LogP contribution >= 0.6 is 0 Å². The second-order valence-corrected chi connectivity index (χ2v) is 8.37. The molecule has 0 bridgehead atoms. The lowest BCUT2D eigenvalue weighted by Gasteiger charge is -2.27. The molecule has 3 rings (SSSR count). The third-order valence-corrected chi connectivity index (χ3v) is 5.77. The molecule has 0 aliphatic carbocycles. The lowest BCUT2D eigenvalue weighted by Crippen LogP contribution is -2.43. The number of aromatic nitrogens is 2. The average Bonchev–Trinajstić information content (AvgIpc) is 3.08. The maximum absolute atomic E-state index is 13.2. The number of hydrogen-bond acceptors (Lipinski definition) is 4. The second-order valence-electron chi connectivity index (χ2n) is 8.37. The molecule has 0 N–H and O–H groups in total. The Morgan fingerprint density at radius 1 is 1.13 bits per heavy atom. The molecule has 1 aliphatic rings. The number of para-hydroxylation sites is 1. The molecule has 2 aromatic rings. The quantitative estimate of drug-likeness (QED) is 0.659. The maximum Gasteiger partial charge on any atom is 0.263 e. The van der Waals surface area contributed by atoms with Crippen molar-refractivity contribution in [1.82, 2.24) is 19.6 Å². The van der Waals surface area contributed by atoms with Crippen LogP contribution in [0.5, 0.6) is 5.75 Å². The zero-order chi connectivity index (χ0) is 21.5. The van der Waals surface area contributed by atoms with Gasteiger partial charge in [-0.3, -0.25) is 14.4 Å². The van der Waals surface area contributed by atoms with Crippen LogP contribution in [-0.4, -0.2) is 57.8 Å². The highest BCUT2D eigenvalue weighted by Gasteiger charge is 2.27.